The third-order valence-corrected chi connectivity index (χ3v) is 5.44. The van der Waals surface area contributed by atoms with Crippen molar-refractivity contribution in [3.05, 3.63) is 89.5 Å². The molecule has 1 fully saturated rings. The minimum atomic E-state index is -0.0828. The second-order valence-electron chi connectivity index (χ2n) is 7.67. The molecule has 2 heterocycles. The van der Waals surface area contributed by atoms with E-state index in [0.29, 0.717) is 30.8 Å². The van der Waals surface area contributed by atoms with Crippen molar-refractivity contribution in [2.75, 3.05) is 13.1 Å². The standard InChI is InChI=1S/C24H23N5O2/c25-13-18-6-8-19(9-7-18)15-29-17-26-14-22(29)12-23(30)27-21-10-11-28(16-21)24(31)20-4-2-1-3-5-20/h1-9,14,17,21H,10-12,15-16H2,(H,27,30)/t21-/m1/s1. The van der Waals surface area contributed by atoms with Gasteiger partial charge < -0.3 is 14.8 Å². The summed E-state index contributed by atoms with van der Waals surface area (Å²) in [7, 11) is 0. The van der Waals surface area contributed by atoms with E-state index in [0.717, 1.165) is 17.7 Å². The number of carbonyl (C=O) groups excluding carboxylic acids is 2. The first-order valence-corrected chi connectivity index (χ1v) is 10.2. The predicted molar refractivity (Wildman–Crippen MR) is 115 cm³/mol. The highest BCUT2D eigenvalue weighted by Gasteiger charge is 2.28. The molecule has 1 atom stereocenters. The van der Waals surface area contributed by atoms with Gasteiger partial charge in [-0.05, 0) is 36.2 Å². The summed E-state index contributed by atoms with van der Waals surface area (Å²) in [6, 6.07) is 18.6. The van der Waals surface area contributed by atoms with Gasteiger partial charge in [0, 0.05) is 43.1 Å². The summed E-state index contributed by atoms with van der Waals surface area (Å²) in [5.74, 6) is -0.0848. The molecule has 1 saturated heterocycles. The summed E-state index contributed by atoms with van der Waals surface area (Å²) in [4.78, 5) is 31.2. The maximum absolute atomic E-state index is 12.6. The fourth-order valence-corrected chi connectivity index (χ4v) is 3.79. The number of likely N-dealkylation sites (tertiary alicyclic amines) is 1. The SMILES string of the molecule is N#Cc1ccc(Cn2cncc2CC(=O)N[C@@H]2CCN(C(=O)c3ccccc3)C2)cc1. The molecular weight excluding hydrogens is 390 g/mol. The van der Waals surface area contributed by atoms with Gasteiger partial charge in [0.2, 0.25) is 5.91 Å². The summed E-state index contributed by atoms with van der Waals surface area (Å²) in [6.45, 7) is 1.73. The third-order valence-electron chi connectivity index (χ3n) is 5.44. The number of nitrogens with one attached hydrogen (secondary N) is 1. The van der Waals surface area contributed by atoms with Crippen LogP contribution in [0.1, 0.15) is 33.6 Å². The van der Waals surface area contributed by atoms with Gasteiger partial charge in [0.05, 0.1) is 24.4 Å². The van der Waals surface area contributed by atoms with E-state index in [2.05, 4.69) is 16.4 Å². The minimum absolute atomic E-state index is 0.00200. The van der Waals surface area contributed by atoms with Crippen LogP contribution in [0.3, 0.4) is 0 Å². The van der Waals surface area contributed by atoms with Gasteiger partial charge in [-0.1, -0.05) is 30.3 Å². The molecule has 156 valence electrons. The fourth-order valence-electron chi connectivity index (χ4n) is 3.79. The maximum atomic E-state index is 12.6. The number of amides is 2. The van der Waals surface area contributed by atoms with Crippen LogP contribution in [0.25, 0.3) is 0 Å². The average Bonchev–Trinajstić information content (AvgIpc) is 3.44. The Morgan fingerprint density at radius 1 is 1.13 bits per heavy atom. The molecule has 0 radical (unpaired) electrons. The highest BCUT2D eigenvalue weighted by Crippen LogP contribution is 2.14. The smallest absolute Gasteiger partial charge is 0.253 e. The number of rotatable bonds is 6. The Hall–Kier alpha value is -3.92. The van der Waals surface area contributed by atoms with Gasteiger partial charge in [-0.25, -0.2) is 4.98 Å². The normalized spacial score (nSPS) is 15.5. The third kappa shape index (κ3) is 4.98. The van der Waals surface area contributed by atoms with Crippen molar-refractivity contribution in [3.63, 3.8) is 0 Å². The largest absolute Gasteiger partial charge is 0.351 e. The Morgan fingerprint density at radius 2 is 1.90 bits per heavy atom. The van der Waals surface area contributed by atoms with E-state index in [4.69, 9.17) is 5.26 Å². The van der Waals surface area contributed by atoms with E-state index < -0.39 is 0 Å². The van der Waals surface area contributed by atoms with Crippen LogP contribution in [0.4, 0.5) is 0 Å². The molecule has 31 heavy (non-hydrogen) atoms. The molecule has 0 saturated carbocycles. The molecule has 2 aromatic carbocycles. The molecule has 0 aliphatic carbocycles. The van der Waals surface area contributed by atoms with Crippen molar-refractivity contribution in [3.8, 4) is 6.07 Å². The van der Waals surface area contributed by atoms with Gasteiger partial charge >= 0.3 is 0 Å². The van der Waals surface area contributed by atoms with E-state index >= 15 is 0 Å². The molecule has 1 N–H and O–H groups in total. The van der Waals surface area contributed by atoms with Gasteiger partial charge in [0.1, 0.15) is 0 Å². The van der Waals surface area contributed by atoms with Crippen LogP contribution in [0.5, 0.6) is 0 Å². The lowest BCUT2D eigenvalue weighted by Gasteiger charge is -2.17. The van der Waals surface area contributed by atoms with Crippen LogP contribution < -0.4 is 5.32 Å². The molecule has 2 amide bonds. The lowest BCUT2D eigenvalue weighted by molar-refractivity contribution is -0.121. The second-order valence-corrected chi connectivity index (χ2v) is 7.67. The number of hydrogen-bond acceptors (Lipinski definition) is 4. The van der Waals surface area contributed by atoms with Crippen molar-refractivity contribution >= 4 is 11.8 Å². The summed E-state index contributed by atoms with van der Waals surface area (Å²) in [5, 5.41) is 12.0. The van der Waals surface area contributed by atoms with Crippen LogP contribution >= 0.6 is 0 Å². The van der Waals surface area contributed by atoms with Gasteiger partial charge in [0.25, 0.3) is 5.91 Å². The van der Waals surface area contributed by atoms with Gasteiger partial charge in [-0.15, -0.1) is 0 Å². The summed E-state index contributed by atoms with van der Waals surface area (Å²) < 4.78 is 1.93. The topological polar surface area (TPSA) is 91.0 Å². The zero-order chi connectivity index (χ0) is 21.6. The maximum Gasteiger partial charge on any atom is 0.253 e. The molecule has 0 bridgehead atoms. The molecule has 7 heteroatoms. The molecule has 1 aliphatic heterocycles. The minimum Gasteiger partial charge on any atom is -0.351 e. The molecule has 0 spiro atoms. The van der Waals surface area contributed by atoms with Crippen molar-refractivity contribution in [1.29, 1.82) is 5.26 Å². The molecule has 4 rings (SSSR count). The first-order valence-electron chi connectivity index (χ1n) is 10.2. The van der Waals surface area contributed by atoms with Gasteiger partial charge in [0.15, 0.2) is 0 Å². The quantitative estimate of drug-likeness (QED) is 0.672. The first-order chi connectivity index (χ1) is 15.1. The van der Waals surface area contributed by atoms with E-state index in [-0.39, 0.29) is 24.3 Å². The lowest BCUT2D eigenvalue weighted by Crippen LogP contribution is -2.39. The number of nitriles is 1. The van der Waals surface area contributed by atoms with Crippen LogP contribution in [0.15, 0.2) is 67.1 Å². The molecular formula is C24H23N5O2. The average molecular weight is 413 g/mol. The van der Waals surface area contributed by atoms with Crippen molar-refractivity contribution in [1.82, 2.24) is 19.8 Å². The van der Waals surface area contributed by atoms with Crippen molar-refractivity contribution < 1.29 is 9.59 Å². The second kappa shape index (κ2) is 9.26. The number of benzene rings is 2. The monoisotopic (exact) mass is 413 g/mol. The van der Waals surface area contributed by atoms with Crippen LogP contribution in [-0.2, 0) is 17.8 Å². The number of nitrogens with zero attached hydrogens (tertiary/aromatic N) is 4. The van der Waals surface area contributed by atoms with E-state index in [1.54, 1.807) is 29.6 Å². The van der Waals surface area contributed by atoms with Crippen molar-refractivity contribution in [2.45, 2.75) is 25.4 Å². The number of imidazole rings is 1. The Bertz CT molecular complexity index is 1100. The number of carbonyl (C=O) groups is 2. The van der Waals surface area contributed by atoms with E-state index in [9.17, 15) is 9.59 Å². The van der Waals surface area contributed by atoms with Gasteiger partial charge in [-0.3, -0.25) is 9.59 Å². The molecule has 1 aliphatic rings. The summed E-state index contributed by atoms with van der Waals surface area (Å²) in [6.07, 6.45) is 4.37. The summed E-state index contributed by atoms with van der Waals surface area (Å²) >= 11 is 0. The molecule has 3 aromatic rings. The van der Waals surface area contributed by atoms with E-state index in [1.165, 1.54) is 0 Å². The Labute approximate surface area is 180 Å². The van der Waals surface area contributed by atoms with Crippen LogP contribution in [0, 0.1) is 11.3 Å². The zero-order valence-corrected chi connectivity index (χ0v) is 17.1. The van der Waals surface area contributed by atoms with E-state index in [1.807, 2.05) is 47.0 Å². The number of aromatic nitrogens is 2. The highest BCUT2D eigenvalue weighted by atomic mass is 16.2. The zero-order valence-electron chi connectivity index (χ0n) is 17.1. The fraction of sp³-hybridized carbons (Fsp3) is 0.250. The molecule has 0 unspecified atom stereocenters. The van der Waals surface area contributed by atoms with Crippen molar-refractivity contribution in [2.24, 2.45) is 0 Å². The number of hydrogen-bond donors (Lipinski definition) is 1. The first kappa shape index (κ1) is 20.4. The summed E-state index contributed by atoms with van der Waals surface area (Å²) in [5.41, 5.74) is 3.13. The highest BCUT2D eigenvalue weighted by molar-refractivity contribution is 5.94. The lowest BCUT2D eigenvalue weighted by atomic mass is 10.1. The Morgan fingerprint density at radius 3 is 2.65 bits per heavy atom. The molecule has 1 aromatic heterocycles. The van der Waals surface area contributed by atoms with Crippen LogP contribution in [0.2, 0.25) is 0 Å². The Kier molecular flexibility index (Phi) is 6.08. The predicted octanol–water partition coefficient (Wildman–Crippen LogP) is 2.38. The van der Waals surface area contributed by atoms with Crippen LogP contribution in [-0.4, -0.2) is 45.4 Å². The van der Waals surface area contributed by atoms with Gasteiger partial charge in [-0.2, -0.15) is 5.26 Å². The Balaban J connectivity index is 1.31. The molecule has 7 nitrogen and oxygen atoms in total.